The van der Waals surface area contributed by atoms with Gasteiger partial charge in [0.1, 0.15) is 11.9 Å². The van der Waals surface area contributed by atoms with Crippen molar-refractivity contribution < 1.29 is 4.74 Å². The monoisotopic (exact) mass is 413 g/mol. The number of benzene rings is 2. The molecule has 1 aliphatic heterocycles. The molecule has 0 bridgehead atoms. The second-order valence-corrected chi connectivity index (χ2v) is 8.84. The van der Waals surface area contributed by atoms with E-state index in [4.69, 9.17) is 9.84 Å². The second kappa shape index (κ2) is 7.61. The SMILES string of the molecule is Cc1nnc2c3ccccc3c(-c3ccc(OC4CCN(C5CCC5)CC4)cc3)nn12. The van der Waals surface area contributed by atoms with Crippen molar-refractivity contribution in [2.24, 2.45) is 0 Å². The summed E-state index contributed by atoms with van der Waals surface area (Å²) in [5.74, 6) is 1.73. The summed E-state index contributed by atoms with van der Waals surface area (Å²) in [4.78, 5) is 2.66. The van der Waals surface area contributed by atoms with Crippen LogP contribution in [0.25, 0.3) is 27.7 Å². The Morgan fingerprint density at radius 2 is 1.61 bits per heavy atom. The van der Waals surface area contributed by atoms with Gasteiger partial charge in [-0.05, 0) is 56.9 Å². The highest BCUT2D eigenvalue weighted by atomic mass is 16.5. The minimum atomic E-state index is 0.317. The van der Waals surface area contributed by atoms with Crippen molar-refractivity contribution in [3.05, 3.63) is 54.4 Å². The lowest BCUT2D eigenvalue weighted by Crippen LogP contribution is -2.46. The highest BCUT2D eigenvalue weighted by molar-refractivity contribution is 6.01. The number of nitrogens with zero attached hydrogens (tertiary/aromatic N) is 5. The van der Waals surface area contributed by atoms with Crippen LogP contribution in [0.2, 0.25) is 0 Å². The van der Waals surface area contributed by atoms with E-state index in [1.54, 1.807) is 0 Å². The molecule has 0 spiro atoms. The fourth-order valence-electron chi connectivity index (χ4n) is 4.89. The number of aryl methyl sites for hydroxylation is 1. The van der Waals surface area contributed by atoms with Crippen LogP contribution in [0.5, 0.6) is 5.75 Å². The van der Waals surface area contributed by atoms with Crippen LogP contribution >= 0.6 is 0 Å². The summed E-state index contributed by atoms with van der Waals surface area (Å²) in [6, 6.07) is 17.5. The molecular formula is C25H27N5O. The quantitative estimate of drug-likeness (QED) is 0.487. The minimum Gasteiger partial charge on any atom is -0.490 e. The summed E-state index contributed by atoms with van der Waals surface area (Å²) < 4.78 is 8.15. The van der Waals surface area contributed by atoms with Crippen molar-refractivity contribution >= 4 is 16.4 Å². The Hall–Kier alpha value is -2.99. The third-order valence-corrected chi connectivity index (χ3v) is 6.92. The maximum Gasteiger partial charge on any atom is 0.185 e. The van der Waals surface area contributed by atoms with E-state index < -0.39 is 0 Å². The zero-order valence-electron chi connectivity index (χ0n) is 17.9. The molecule has 6 rings (SSSR count). The smallest absolute Gasteiger partial charge is 0.185 e. The molecular weight excluding hydrogens is 386 g/mol. The van der Waals surface area contributed by atoms with Crippen LogP contribution in [0, 0.1) is 6.92 Å². The molecule has 2 aromatic carbocycles. The number of hydrogen-bond donors (Lipinski definition) is 0. The lowest BCUT2D eigenvalue weighted by Gasteiger charge is -2.41. The van der Waals surface area contributed by atoms with Crippen molar-refractivity contribution in [3.63, 3.8) is 0 Å². The first-order chi connectivity index (χ1) is 15.3. The van der Waals surface area contributed by atoms with Gasteiger partial charge in [-0.3, -0.25) is 0 Å². The predicted octanol–water partition coefficient (Wildman–Crippen LogP) is 4.65. The van der Waals surface area contributed by atoms with Gasteiger partial charge in [-0.2, -0.15) is 9.61 Å². The van der Waals surface area contributed by atoms with Gasteiger partial charge in [0.05, 0.1) is 5.69 Å². The zero-order chi connectivity index (χ0) is 20.8. The fourth-order valence-corrected chi connectivity index (χ4v) is 4.89. The second-order valence-electron chi connectivity index (χ2n) is 8.84. The summed E-state index contributed by atoms with van der Waals surface area (Å²) >= 11 is 0. The summed E-state index contributed by atoms with van der Waals surface area (Å²) in [6.45, 7) is 4.27. The van der Waals surface area contributed by atoms with Crippen LogP contribution in [0.1, 0.15) is 37.9 Å². The largest absolute Gasteiger partial charge is 0.490 e. The molecule has 2 fully saturated rings. The normalized spacial score (nSPS) is 18.5. The van der Waals surface area contributed by atoms with E-state index in [0.717, 1.165) is 58.1 Å². The van der Waals surface area contributed by atoms with E-state index in [1.165, 1.54) is 32.4 Å². The lowest BCUT2D eigenvalue weighted by molar-refractivity contribution is 0.0493. The number of rotatable bonds is 4. The summed E-state index contributed by atoms with van der Waals surface area (Å²) in [7, 11) is 0. The molecule has 3 heterocycles. The number of piperidine rings is 1. The van der Waals surface area contributed by atoms with Crippen molar-refractivity contribution in [3.8, 4) is 17.0 Å². The van der Waals surface area contributed by atoms with E-state index in [9.17, 15) is 0 Å². The zero-order valence-corrected chi connectivity index (χ0v) is 17.9. The highest BCUT2D eigenvalue weighted by Gasteiger charge is 2.29. The van der Waals surface area contributed by atoms with E-state index in [2.05, 4.69) is 51.5 Å². The molecule has 2 aliphatic rings. The van der Waals surface area contributed by atoms with Gasteiger partial charge in [-0.1, -0.05) is 30.7 Å². The Labute approximate surface area is 181 Å². The molecule has 0 amide bonds. The molecule has 6 nitrogen and oxygen atoms in total. The van der Waals surface area contributed by atoms with Crippen molar-refractivity contribution in [1.82, 2.24) is 24.7 Å². The maximum atomic E-state index is 6.32. The summed E-state index contributed by atoms with van der Waals surface area (Å²) in [5.41, 5.74) is 2.80. The number of aromatic nitrogens is 4. The third kappa shape index (κ3) is 3.35. The maximum absolute atomic E-state index is 6.32. The molecule has 0 unspecified atom stereocenters. The van der Waals surface area contributed by atoms with Gasteiger partial charge in [0.25, 0.3) is 0 Å². The molecule has 158 valence electrons. The number of fused-ring (bicyclic) bond motifs is 3. The van der Waals surface area contributed by atoms with Crippen LogP contribution in [0.4, 0.5) is 0 Å². The average molecular weight is 414 g/mol. The van der Waals surface area contributed by atoms with E-state index in [1.807, 2.05) is 23.6 Å². The van der Waals surface area contributed by atoms with Crippen LogP contribution < -0.4 is 4.74 Å². The van der Waals surface area contributed by atoms with Crippen molar-refractivity contribution in [1.29, 1.82) is 0 Å². The first-order valence-corrected chi connectivity index (χ1v) is 11.4. The van der Waals surface area contributed by atoms with Crippen LogP contribution in [0.15, 0.2) is 48.5 Å². The molecule has 1 saturated carbocycles. The van der Waals surface area contributed by atoms with E-state index in [-0.39, 0.29) is 0 Å². The minimum absolute atomic E-state index is 0.317. The number of hydrogen-bond acceptors (Lipinski definition) is 5. The molecule has 0 atom stereocenters. The van der Waals surface area contributed by atoms with Gasteiger partial charge in [0.2, 0.25) is 0 Å². The summed E-state index contributed by atoms with van der Waals surface area (Å²) in [6.07, 6.45) is 6.73. The predicted molar refractivity (Wildman–Crippen MR) is 121 cm³/mol. The molecule has 1 aliphatic carbocycles. The van der Waals surface area contributed by atoms with Gasteiger partial charge >= 0.3 is 0 Å². The van der Waals surface area contributed by atoms with Gasteiger partial charge in [0, 0.05) is 35.5 Å². The Morgan fingerprint density at radius 3 is 2.32 bits per heavy atom. The van der Waals surface area contributed by atoms with E-state index >= 15 is 0 Å². The Morgan fingerprint density at radius 1 is 0.871 bits per heavy atom. The van der Waals surface area contributed by atoms with Gasteiger partial charge in [-0.25, -0.2) is 0 Å². The van der Waals surface area contributed by atoms with Crippen LogP contribution in [0.3, 0.4) is 0 Å². The van der Waals surface area contributed by atoms with Gasteiger partial charge < -0.3 is 9.64 Å². The van der Waals surface area contributed by atoms with Gasteiger partial charge in [0.15, 0.2) is 11.5 Å². The standard InChI is InChI=1S/C25H27N5O/c1-17-26-27-25-23-8-3-2-7-22(23)24(28-30(17)25)18-9-11-20(12-10-18)31-21-13-15-29(16-14-21)19-5-4-6-19/h2-3,7-12,19,21H,4-6,13-16H2,1H3. The molecule has 4 aromatic rings. The molecule has 2 aromatic heterocycles. The first kappa shape index (κ1) is 18.8. The van der Waals surface area contributed by atoms with Crippen LogP contribution in [-0.2, 0) is 0 Å². The van der Waals surface area contributed by atoms with Crippen molar-refractivity contribution in [2.75, 3.05) is 13.1 Å². The topological polar surface area (TPSA) is 55.6 Å². The van der Waals surface area contributed by atoms with Crippen LogP contribution in [-0.4, -0.2) is 49.9 Å². The Bertz CT molecular complexity index is 1220. The average Bonchev–Trinajstić information content (AvgIpc) is 3.15. The number of likely N-dealkylation sites (tertiary alicyclic amines) is 1. The fraction of sp³-hybridized carbons (Fsp3) is 0.400. The number of ether oxygens (including phenoxy) is 1. The molecule has 1 saturated heterocycles. The first-order valence-electron chi connectivity index (χ1n) is 11.4. The van der Waals surface area contributed by atoms with Gasteiger partial charge in [-0.15, -0.1) is 10.2 Å². The van der Waals surface area contributed by atoms with Crippen molar-refractivity contribution in [2.45, 2.75) is 51.2 Å². The lowest BCUT2D eigenvalue weighted by atomic mass is 9.90. The summed E-state index contributed by atoms with van der Waals surface area (Å²) in [5, 5.41) is 15.5. The molecule has 6 heteroatoms. The highest BCUT2D eigenvalue weighted by Crippen LogP contribution is 2.31. The molecule has 31 heavy (non-hydrogen) atoms. The Kier molecular flexibility index (Phi) is 4.60. The van der Waals surface area contributed by atoms with E-state index in [0.29, 0.717) is 6.10 Å². The molecule has 0 radical (unpaired) electrons. The molecule has 0 N–H and O–H groups in total. The third-order valence-electron chi connectivity index (χ3n) is 6.92. The Balaban J connectivity index is 1.24.